The lowest BCUT2D eigenvalue weighted by atomic mass is 10.2. The molecule has 0 fully saturated rings. The molecule has 1 heterocycles. The van der Waals surface area contributed by atoms with E-state index in [1.54, 1.807) is 0 Å². The van der Waals surface area contributed by atoms with Gasteiger partial charge in [-0.25, -0.2) is 0 Å². The van der Waals surface area contributed by atoms with E-state index in [0.717, 1.165) is 0 Å². The zero-order valence-electron chi connectivity index (χ0n) is 9.85. The van der Waals surface area contributed by atoms with Crippen molar-refractivity contribution in [3.8, 4) is 0 Å². The number of nitrogens with one attached hydrogen (secondary N) is 2. The zero-order valence-corrected chi connectivity index (χ0v) is 9.85. The van der Waals surface area contributed by atoms with Crippen LogP contribution in [0.25, 0.3) is 0 Å². The quantitative estimate of drug-likeness (QED) is 0.187. The van der Waals surface area contributed by atoms with Gasteiger partial charge in [-0.15, -0.1) is 0 Å². The van der Waals surface area contributed by atoms with Crippen LogP contribution in [-0.4, -0.2) is 28.5 Å². The summed E-state index contributed by atoms with van der Waals surface area (Å²) < 4.78 is 0. The monoisotopic (exact) mass is 252 g/mol. The molecule has 0 aliphatic rings. The van der Waals surface area contributed by atoms with Gasteiger partial charge < -0.3 is 21.2 Å². The van der Waals surface area contributed by atoms with Crippen molar-refractivity contribution in [2.75, 3.05) is 6.54 Å². The number of rotatable bonds is 6. The number of carbonyl (C=O) groups is 1. The van der Waals surface area contributed by atoms with Crippen molar-refractivity contribution in [3.63, 3.8) is 0 Å². The molecule has 1 aromatic heterocycles. The molecule has 0 saturated carbocycles. The molecule has 0 aromatic carbocycles. The van der Waals surface area contributed by atoms with Crippen LogP contribution < -0.4 is 16.5 Å². The number of carbonyl (C=O) groups excluding carboxylic acids is 1. The number of hydrogen-bond acceptors (Lipinski definition) is 4. The first-order valence-corrected chi connectivity index (χ1v) is 5.57. The van der Waals surface area contributed by atoms with Gasteiger partial charge in [0.1, 0.15) is 11.4 Å². The Labute approximate surface area is 104 Å². The van der Waals surface area contributed by atoms with Gasteiger partial charge in [0, 0.05) is 31.4 Å². The first-order valence-electron chi connectivity index (χ1n) is 5.57. The molecule has 0 radical (unpaired) electrons. The number of amidine groups is 1. The van der Waals surface area contributed by atoms with E-state index >= 15 is 0 Å². The number of nitrogens with two attached hydrogens (primary N) is 1. The lowest BCUT2D eigenvalue weighted by Gasteiger charge is -2.04. The highest BCUT2D eigenvalue weighted by molar-refractivity contribution is 5.93. The van der Waals surface area contributed by atoms with Gasteiger partial charge in [0.15, 0.2) is 5.43 Å². The number of hydrogen-bond donors (Lipinski definition) is 4. The lowest BCUT2D eigenvalue weighted by molar-refractivity contribution is 0.0951. The second kappa shape index (κ2) is 7.10. The fourth-order valence-electron chi connectivity index (χ4n) is 1.37. The summed E-state index contributed by atoms with van der Waals surface area (Å²) in [5.74, 6) is -0.235. The summed E-state index contributed by atoms with van der Waals surface area (Å²) in [7, 11) is 0. The first kappa shape index (κ1) is 13.8. The van der Waals surface area contributed by atoms with Crippen LogP contribution >= 0.6 is 0 Å². The Morgan fingerprint density at radius 1 is 1.50 bits per heavy atom. The van der Waals surface area contributed by atoms with Gasteiger partial charge in [0.25, 0.3) is 5.91 Å². The molecular formula is C11H16N4O3. The molecule has 7 heteroatoms. The van der Waals surface area contributed by atoms with Crippen LogP contribution in [0.3, 0.4) is 0 Å². The van der Waals surface area contributed by atoms with Crippen LogP contribution in [0.4, 0.5) is 0 Å². The second-order valence-corrected chi connectivity index (χ2v) is 3.73. The van der Waals surface area contributed by atoms with E-state index in [4.69, 9.17) is 10.9 Å². The molecule has 1 aromatic rings. The first-order chi connectivity index (χ1) is 8.65. The number of aromatic amines is 1. The number of aromatic nitrogens is 1. The maximum atomic E-state index is 11.6. The molecule has 18 heavy (non-hydrogen) atoms. The van der Waals surface area contributed by atoms with Crippen LogP contribution in [0.1, 0.15) is 29.6 Å². The molecule has 0 spiro atoms. The predicted molar refractivity (Wildman–Crippen MR) is 66.7 cm³/mol. The molecule has 98 valence electrons. The SMILES string of the molecule is N/C(CCCCNC(=O)c1c[nH]ccc1=O)=N/O. The minimum absolute atomic E-state index is 0.0916. The van der Waals surface area contributed by atoms with Crippen molar-refractivity contribution < 1.29 is 10.0 Å². The van der Waals surface area contributed by atoms with Crippen LogP contribution in [0.2, 0.25) is 0 Å². The van der Waals surface area contributed by atoms with E-state index in [1.807, 2.05) is 0 Å². The van der Waals surface area contributed by atoms with Crippen molar-refractivity contribution in [2.24, 2.45) is 10.9 Å². The molecule has 0 unspecified atom stereocenters. The van der Waals surface area contributed by atoms with Gasteiger partial charge in [-0.3, -0.25) is 9.59 Å². The molecule has 0 aliphatic heterocycles. The van der Waals surface area contributed by atoms with Gasteiger partial charge in [0.05, 0.1) is 0 Å². The number of nitrogens with zero attached hydrogens (tertiary/aromatic N) is 1. The van der Waals surface area contributed by atoms with Gasteiger partial charge >= 0.3 is 0 Å². The summed E-state index contributed by atoms with van der Waals surface area (Å²) in [5.41, 5.74) is 5.07. The predicted octanol–water partition coefficient (Wildman–Crippen LogP) is 0.0214. The van der Waals surface area contributed by atoms with Crippen molar-refractivity contribution in [2.45, 2.75) is 19.3 Å². The number of oxime groups is 1. The van der Waals surface area contributed by atoms with E-state index in [-0.39, 0.29) is 16.8 Å². The van der Waals surface area contributed by atoms with Crippen molar-refractivity contribution in [1.29, 1.82) is 0 Å². The normalized spacial score (nSPS) is 11.2. The minimum Gasteiger partial charge on any atom is -0.409 e. The highest BCUT2D eigenvalue weighted by atomic mass is 16.4. The summed E-state index contributed by atoms with van der Waals surface area (Å²) in [4.78, 5) is 25.6. The van der Waals surface area contributed by atoms with E-state index in [9.17, 15) is 9.59 Å². The Kier molecular flexibility index (Phi) is 5.43. The highest BCUT2D eigenvalue weighted by Gasteiger charge is 2.07. The Morgan fingerprint density at radius 2 is 2.28 bits per heavy atom. The highest BCUT2D eigenvalue weighted by Crippen LogP contribution is 1.95. The molecule has 0 aliphatic carbocycles. The van der Waals surface area contributed by atoms with E-state index in [0.29, 0.717) is 25.8 Å². The zero-order chi connectivity index (χ0) is 13.4. The van der Waals surface area contributed by atoms with E-state index < -0.39 is 5.91 Å². The molecule has 0 atom stereocenters. The molecular weight excluding hydrogens is 236 g/mol. The standard InChI is InChI=1S/C11H16N4O3/c12-10(15-18)3-1-2-5-14-11(17)8-7-13-6-4-9(8)16/h4,6-7,18H,1-3,5H2,(H2,12,15)(H,13,16)(H,14,17). The third-order valence-corrected chi connectivity index (χ3v) is 2.34. The smallest absolute Gasteiger partial charge is 0.256 e. The van der Waals surface area contributed by atoms with Crippen molar-refractivity contribution in [3.05, 3.63) is 34.2 Å². The maximum Gasteiger partial charge on any atom is 0.256 e. The fraction of sp³-hybridized carbons (Fsp3) is 0.364. The molecule has 7 nitrogen and oxygen atoms in total. The van der Waals surface area contributed by atoms with Crippen LogP contribution in [0.5, 0.6) is 0 Å². The van der Waals surface area contributed by atoms with Crippen LogP contribution in [-0.2, 0) is 0 Å². The largest absolute Gasteiger partial charge is 0.409 e. The Hall–Kier alpha value is -2.31. The maximum absolute atomic E-state index is 11.6. The van der Waals surface area contributed by atoms with Crippen LogP contribution in [0, 0.1) is 0 Å². The molecule has 1 amide bonds. The fourth-order valence-corrected chi connectivity index (χ4v) is 1.37. The third-order valence-electron chi connectivity index (χ3n) is 2.34. The van der Waals surface area contributed by atoms with Gasteiger partial charge in [-0.1, -0.05) is 5.16 Å². The number of unbranched alkanes of at least 4 members (excludes halogenated alkanes) is 1. The number of pyridine rings is 1. The molecule has 5 N–H and O–H groups in total. The number of amides is 1. The molecule has 0 saturated heterocycles. The van der Waals surface area contributed by atoms with Crippen LogP contribution in [0.15, 0.2) is 28.4 Å². The van der Waals surface area contributed by atoms with E-state index in [1.165, 1.54) is 18.5 Å². The molecule has 0 bridgehead atoms. The second-order valence-electron chi connectivity index (χ2n) is 3.73. The van der Waals surface area contributed by atoms with Crippen molar-refractivity contribution in [1.82, 2.24) is 10.3 Å². The van der Waals surface area contributed by atoms with E-state index in [2.05, 4.69) is 15.5 Å². The van der Waals surface area contributed by atoms with Gasteiger partial charge in [-0.2, -0.15) is 0 Å². The lowest BCUT2D eigenvalue weighted by Crippen LogP contribution is -2.29. The summed E-state index contributed by atoms with van der Waals surface area (Å²) in [6.07, 6.45) is 4.69. The van der Waals surface area contributed by atoms with Gasteiger partial charge in [-0.05, 0) is 12.8 Å². The molecule has 1 rings (SSSR count). The summed E-state index contributed by atoms with van der Waals surface area (Å²) in [5, 5.41) is 13.8. The minimum atomic E-state index is -0.402. The summed E-state index contributed by atoms with van der Waals surface area (Å²) in [6.45, 7) is 0.436. The van der Waals surface area contributed by atoms with Crippen molar-refractivity contribution >= 4 is 11.7 Å². The number of H-pyrrole nitrogens is 1. The van der Waals surface area contributed by atoms with Gasteiger partial charge in [0.2, 0.25) is 0 Å². The average Bonchev–Trinajstić information content (AvgIpc) is 2.38. The topological polar surface area (TPSA) is 121 Å². The average molecular weight is 252 g/mol. The summed E-state index contributed by atoms with van der Waals surface area (Å²) in [6, 6.07) is 1.30. The third kappa shape index (κ3) is 4.28. The Morgan fingerprint density at radius 3 is 2.94 bits per heavy atom. The Balaban J connectivity index is 2.30. The summed E-state index contributed by atoms with van der Waals surface area (Å²) >= 11 is 0. The Bertz CT molecular complexity index is 481.